The van der Waals surface area contributed by atoms with E-state index in [0.717, 1.165) is 13.1 Å². The van der Waals surface area contributed by atoms with E-state index in [1.807, 2.05) is 12.5 Å². The number of nitrogens with two attached hydrogens (primary N) is 1. The molecule has 1 aromatic rings. The molecule has 1 fully saturated rings. The van der Waals surface area contributed by atoms with Gasteiger partial charge in [0.2, 0.25) is 0 Å². The van der Waals surface area contributed by atoms with Crippen LogP contribution < -0.4 is 5.73 Å². The van der Waals surface area contributed by atoms with E-state index in [1.54, 1.807) is 0 Å². The molecule has 1 aliphatic rings. The molecule has 0 saturated carbocycles. The van der Waals surface area contributed by atoms with Crippen molar-refractivity contribution in [2.24, 2.45) is 18.7 Å². The maximum atomic E-state index is 6.02. The Bertz CT molecular complexity index is 360. The Balaban J connectivity index is 2.29. The lowest BCUT2D eigenvalue weighted by molar-refractivity contribution is 0.152. The SMILES string of the molecule is CCCN1CCCCC(CN)C1c1cncn1C. The van der Waals surface area contributed by atoms with Crippen molar-refractivity contribution in [2.45, 2.75) is 38.6 Å². The Morgan fingerprint density at radius 1 is 1.44 bits per heavy atom. The molecule has 2 heterocycles. The molecule has 102 valence electrons. The Morgan fingerprint density at radius 3 is 2.89 bits per heavy atom. The molecule has 2 atom stereocenters. The van der Waals surface area contributed by atoms with Gasteiger partial charge >= 0.3 is 0 Å². The molecule has 2 rings (SSSR count). The molecule has 0 aromatic carbocycles. The average Bonchev–Trinajstić information content (AvgIpc) is 2.68. The van der Waals surface area contributed by atoms with Gasteiger partial charge in [-0.2, -0.15) is 0 Å². The van der Waals surface area contributed by atoms with Crippen LogP contribution in [0.4, 0.5) is 0 Å². The standard InChI is InChI=1S/C14H26N4/c1-3-7-18-8-5-4-6-12(9-15)14(18)13-10-16-11-17(13)2/h10-12,14H,3-9,15H2,1-2H3. The second-order valence-electron chi connectivity index (χ2n) is 5.40. The van der Waals surface area contributed by atoms with Crippen molar-refractivity contribution in [1.82, 2.24) is 14.5 Å². The maximum Gasteiger partial charge on any atom is 0.0946 e. The zero-order valence-electron chi connectivity index (χ0n) is 11.7. The quantitative estimate of drug-likeness (QED) is 0.888. The predicted molar refractivity (Wildman–Crippen MR) is 74.2 cm³/mol. The first-order chi connectivity index (χ1) is 8.77. The first-order valence-corrected chi connectivity index (χ1v) is 7.18. The van der Waals surface area contributed by atoms with Gasteiger partial charge in [0.05, 0.1) is 18.1 Å². The van der Waals surface area contributed by atoms with E-state index in [2.05, 4.69) is 28.4 Å². The van der Waals surface area contributed by atoms with E-state index in [9.17, 15) is 0 Å². The van der Waals surface area contributed by atoms with Crippen LogP contribution in [0.15, 0.2) is 12.5 Å². The van der Waals surface area contributed by atoms with Crippen LogP contribution in [0.2, 0.25) is 0 Å². The van der Waals surface area contributed by atoms with Gasteiger partial charge in [-0.05, 0) is 44.8 Å². The number of aryl methyl sites for hydroxylation is 1. The summed E-state index contributed by atoms with van der Waals surface area (Å²) in [4.78, 5) is 6.90. The van der Waals surface area contributed by atoms with Crippen LogP contribution in [0.25, 0.3) is 0 Å². The van der Waals surface area contributed by atoms with Crippen LogP contribution in [0, 0.1) is 5.92 Å². The summed E-state index contributed by atoms with van der Waals surface area (Å²) < 4.78 is 2.15. The van der Waals surface area contributed by atoms with E-state index in [1.165, 1.54) is 37.9 Å². The van der Waals surface area contributed by atoms with Crippen molar-refractivity contribution in [3.05, 3.63) is 18.2 Å². The van der Waals surface area contributed by atoms with Gasteiger partial charge in [0.1, 0.15) is 0 Å². The largest absolute Gasteiger partial charge is 0.336 e. The van der Waals surface area contributed by atoms with Crippen LogP contribution in [-0.2, 0) is 7.05 Å². The maximum absolute atomic E-state index is 6.02. The highest BCUT2D eigenvalue weighted by Crippen LogP contribution is 2.34. The smallest absolute Gasteiger partial charge is 0.0946 e. The highest BCUT2D eigenvalue weighted by Gasteiger charge is 2.31. The van der Waals surface area contributed by atoms with Crippen LogP contribution in [0.1, 0.15) is 44.3 Å². The summed E-state index contributed by atoms with van der Waals surface area (Å²) in [6, 6.07) is 0.449. The number of hydrogen-bond donors (Lipinski definition) is 1. The van der Waals surface area contributed by atoms with Gasteiger partial charge in [-0.1, -0.05) is 13.3 Å². The van der Waals surface area contributed by atoms with Gasteiger partial charge in [0, 0.05) is 13.2 Å². The van der Waals surface area contributed by atoms with Crippen molar-refractivity contribution in [3.8, 4) is 0 Å². The molecule has 0 spiro atoms. The van der Waals surface area contributed by atoms with E-state index in [4.69, 9.17) is 5.73 Å². The number of nitrogens with zero attached hydrogens (tertiary/aromatic N) is 3. The molecule has 0 aliphatic carbocycles. The first kappa shape index (κ1) is 13.6. The van der Waals surface area contributed by atoms with E-state index in [0.29, 0.717) is 12.0 Å². The van der Waals surface area contributed by atoms with E-state index in [-0.39, 0.29) is 0 Å². The summed E-state index contributed by atoms with van der Waals surface area (Å²) >= 11 is 0. The molecule has 2 N–H and O–H groups in total. The predicted octanol–water partition coefficient (Wildman–Crippen LogP) is 1.93. The summed E-state index contributed by atoms with van der Waals surface area (Å²) in [5, 5.41) is 0. The topological polar surface area (TPSA) is 47.1 Å². The molecule has 1 aromatic heterocycles. The van der Waals surface area contributed by atoms with Crippen molar-refractivity contribution >= 4 is 0 Å². The van der Waals surface area contributed by atoms with E-state index < -0.39 is 0 Å². The van der Waals surface area contributed by atoms with Crippen molar-refractivity contribution < 1.29 is 0 Å². The molecular formula is C14H26N4. The number of aromatic nitrogens is 2. The Hall–Kier alpha value is -0.870. The minimum absolute atomic E-state index is 0.449. The summed E-state index contributed by atoms with van der Waals surface area (Å²) in [5.74, 6) is 0.564. The molecule has 0 radical (unpaired) electrons. The van der Waals surface area contributed by atoms with Gasteiger partial charge in [0.15, 0.2) is 0 Å². The second-order valence-corrected chi connectivity index (χ2v) is 5.40. The molecular weight excluding hydrogens is 224 g/mol. The molecule has 2 unspecified atom stereocenters. The number of rotatable bonds is 4. The molecule has 4 nitrogen and oxygen atoms in total. The Labute approximate surface area is 110 Å². The normalized spacial score (nSPS) is 26.2. The van der Waals surface area contributed by atoms with Crippen LogP contribution in [0.5, 0.6) is 0 Å². The van der Waals surface area contributed by atoms with Crippen LogP contribution >= 0.6 is 0 Å². The van der Waals surface area contributed by atoms with Crippen LogP contribution in [0.3, 0.4) is 0 Å². The van der Waals surface area contributed by atoms with Gasteiger partial charge in [-0.25, -0.2) is 4.98 Å². The summed E-state index contributed by atoms with van der Waals surface area (Å²) in [5.41, 5.74) is 7.34. The summed E-state index contributed by atoms with van der Waals surface area (Å²) in [7, 11) is 2.09. The minimum Gasteiger partial charge on any atom is -0.336 e. The fourth-order valence-electron chi connectivity index (χ4n) is 3.18. The molecule has 1 aliphatic heterocycles. The summed E-state index contributed by atoms with van der Waals surface area (Å²) in [6.07, 6.45) is 8.96. The third kappa shape index (κ3) is 2.75. The fourth-order valence-corrected chi connectivity index (χ4v) is 3.18. The third-order valence-electron chi connectivity index (χ3n) is 4.08. The first-order valence-electron chi connectivity index (χ1n) is 7.18. The lowest BCUT2D eigenvalue weighted by Gasteiger charge is -2.34. The van der Waals surface area contributed by atoms with Crippen LogP contribution in [-0.4, -0.2) is 34.1 Å². The van der Waals surface area contributed by atoms with E-state index >= 15 is 0 Å². The highest BCUT2D eigenvalue weighted by molar-refractivity contribution is 5.08. The second kappa shape index (κ2) is 6.34. The zero-order chi connectivity index (χ0) is 13.0. The molecule has 0 bridgehead atoms. The monoisotopic (exact) mass is 250 g/mol. The average molecular weight is 250 g/mol. The van der Waals surface area contributed by atoms with Crippen molar-refractivity contribution in [3.63, 3.8) is 0 Å². The third-order valence-corrected chi connectivity index (χ3v) is 4.08. The lowest BCUT2D eigenvalue weighted by atomic mass is 9.92. The Morgan fingerprint density at radius 2 is 2.28 bits per heavy atom. The van der Waals surface area contributed by atoms with Gasteiger partial charge in [0.25, 0.3) is 0 Å². The molecule has 1 saturated heterocycles. The molecule has 18 heavy (non-hydrogen) atoms. The Kier molecular flexibility index (Phi) is 4.78. The van der Waals surface area contributed by atoms with Gasteiger partial charge < -0.3 is 10.3 Å². The zero-order valence-corrected chi connectivity index (χ0v) is 11.7. The number of hydrogen-bond acceptors (Lipinski definition) is 3. The number of likely N-dealkylation sites (tertiary alicyclic amines) is 1. The van der Waals surface area contributed by atoms with Crippen molar-refractivity contribution in [1.29, 1.82) is 0 Å². The van der Waals surface area contributed by atoms with Gasteiger partial charge in [-0.15, -0.1) is 0 Å². The minimum atomic E-state index is 0.449. The number of imidazole rings is 1. The molecule has 4 heteroatoms. The lowest BCUT2D eigenvalue weighted by Crippen LogP contribution is -2.37. The highest BCUT2D eigenvalue weighted by atomic mass is 15.2. The summed E-state index contributed by atoms with van der Waals surface area (Å²) in [6.45, 7) is 5.38. The van der Waals surface area contributed by atoms with Gasteiger partial charge in [-0.3, -0.25) is 4.90 Å². The molecule has 0 amide bonds. The fraction of sp³-hybridized carbons (Fsp3) is 0.786. The van der Waals surface area contributed by atoms with Crippen molar-refractivity contribution in [2.75, 3.05) is 19.6 Å².